The fourth-order valence-electron chi connectivity index (χ4n) is 2.07. The number of rotatable bonds is 6. The average Bonchev–Trinajstić information content (AvgIpc) is 3.01. The molecule has 0 spiro atoms. The van der Waals surface area contributed by atoms with Gasteiger partial charge in [0.05, 0.1) is 13.7 Å². The molecule has 2 heterocycles. The molecular formula is C15H16N4O2S2. The van der Waals surface area contributed by atoms with Crippen molar-refractivity contribution in [1.82, 2.24) is 15.0 Å². The molecule has 0 unspecified atom stereocenters. The standard InChI is InChI=1S/C15H16N4O2S2/c1-4-21-10-6-5-9(7-11(10)20-2)18-13-12-14(17-8-16-13)19-15(22-3)23-12/h5-8H,4H2,1-3H3,(H,16,17,18). The summed E-state index contributed by atoms with van der Waals surface area (Å²) in [6.07, 6.45) is 3.51. The molecule has 3 aromatic rings. The lowest BCUT2D eigenvalue weighted by Gasteiger charge is -2.12. The Kier molecular flexibility index (Phi) is 4.82. The summed E-state index contributed by atoms with van der Waals surface area (Å²) in [7, 11) is 1.62. The van der Waals surface area contributed by atoms with Crippen molar-refractivity contribution in [2.75, 3.05) is 25.3 Å². The maximum Gasteiger partial charge on any atom is 0.176 e. The molecule has 0 aliphatic heterocycles. The maximum absolute atomic E-state index is 5.53. The van der Waals surface area contributed by atoms with E-state index in [2.05, 4.69) is 20.3 Å². The summed E-state index contributed by atoms with van der Waals surface area (Å²) < 4.78 is 12.8. The van der Waals surface area contributed by atoms with Crippen LogP contribution in [0.25, 0.3) is 10.3 Å². The van der Waals surface area contributed by atoms with E-state index < -0.39 is 0 Å². The van der Waals surface area contributed by atoms with E-state index in [0.717, 1.165) is 26.3 Å². The number of benzene rings is 1. The molecule has 0 saturated carbocycles. The molecule has 120 valence electrons. The SMILES string of the molecule is CCOc1ccc(Nc2ncnc3nc(SC)sc23)cc1OC. The lowest BCUT2D eigenvalue weighted by molar-refractivity contribution is 0.311. The van der Waals surface area contributed by atoms with Gasteiger partial charge in [-0.2, -0.15) is 0 Å². The van der Waals surface area contributed by atoms with Gasteiger partial charge < -0.3 is 14.8 Å². The molecule has 0 saturated heterocycles. The Balaban J connectivity index is 1.94. The quantitative estimate of drug-likeness (QED) is 0.676. The van der Waals surface area contributed by atoms with Crippen LogP contribution < -0.4 is 14.8 Å². The van der Waals surface area contributed by atoms with Gasteiger partial charge in [-0.25, -0.2) is 15.0 Å². The van der Waals surface area contributed by atoms with E-state index >= 15 is 0 Å². The molecule has 0 bridgehead atoms. The average molecular weight is 348 g/mol. The molecule has 1 N–H and O–H groups in total. The zero-order valence-electron chi connectivity index (χ0n) is 13.0. The molecule has 1 aromatic carbocycles. The minimum atomic E-state index is 0.591. The van der Waals surface area contributed by atoms with Gasteiger partial charge in [0.15, 0.2) is 27.3 Å². The van der Waals surface area contributed by atoms with Crippen LogP contribution in [-0.4, -0.2) is 34.9 Å². The molecule has 0 aliphatic carbocycles. The molecular weight excluding hydrogens is 332 g/mol. The molecule has 8 heteroatoms. The molecule has 0 fully saturated rings. The summed E-state index contributed by atoms with van der Waals surface area (Å²) in [5.41, 5.74) is 1.57. The van der Waals surface area contributed by atoms with E-state index in [0.29, 0.717) is 18.0 Å². The number of nitrogens with zero attached hydrogens (tertiary/aromatic N) is 3. The summed E-state index contributed by atoms with van der Waals surface area (Å²) in [4.78, 5) is 13.0. The van der Waals surface area contributed by atoms with Gasteiger partial charge in [0.2, 0.25) is 0 Å². The number of fused-ring (bicyclic) bond motifs is 1. The van der Waals surface area contributed by atoms with Crippen molar-refractivity contribution < 1.29 is 9.47 Å². The number of thiazole rings is 1. The third kappa shape index (κ3) is 3.32. The Hall–Kier alpha value is -2.06. The van der Waals surface area contributed by atoms with Gasteiger partial charge in [0, 0.05) is 11.8 Å². The van der Waals surface area contributed by atoms with E-state index in [1.165, 1.54) is 6.33 Å². The van der Waals surface area contributed by atoms with E-state index in [1.807, 2.05) is 31.4 Å². The molecule has 0 atom stereocenters. The Labute approximate surface area is 142 Å². The van der Waals surface area contributed by atoms with Gasteiger partial charge in [0.25, 0.3) is 0 Å². The molecule has 6 nitrogen and oxygen atoms in total. The lowest BCUT2D eigenvalue weighted by atomic mass is 10.2. The van der Waals surface area contributed by atoms with Gasteiger partial charge in [-0.3, -0.25) is 0 Å². The highest BCUT2D eigenvalue weighted by molar-refractivity contribution is 8.00. The number of thioether (sulfide) groups is 1. The number of hydrogen-bond acceptors (Lipinski definition) is 8. The first kappa shape index (κ1) is 15.8. The van der Waals surface area contributed by atoms with Crippen LogP contribution in [0.3, 0.4) is 0 Å². The molecule has 2 aromatic heterocycles. The van der Waals surface area contributed by atoms with Crippen LogP contribution >= 0.6 is 23.1 Å². The second kappa shape index (κ2) is 7.01. The maximum atomic E-state index is 5.53. The number of anilines is 2. The normalized spacial score (nSPS) is 10.7. The monoisotopic (exact) mass is 348 g/mol. The van der Waals surface area contributed by atoms with E-state index in [9.17, 15) is 0 Å². The van der Waals surface area contributed by atoms with Crippen molar-refractivity contribution >= 4 is 45.0 Å². The molecule has 3 rings (SSSR count). The highest BCUT2D eigenvalue weighted by Crippen LogP contribution is 2.35. The predicted octanol–water partition coefficient (Wildman–Crippen LogP) is 3.96. The number of methoxy groups -OCH3 is 1. The first-order valence-electron chi connectivity index (χ1n) is 6.98. The minimum absolute atomic E-state index is 0.591. The van der Waals surface area contributed by atoms with Crippen LogP contribution in [0.1, 0.15) is 6.92 Å². The second-order valence-corrected chi connectivity index (χ2v) is 6.53. The van der Waals surface area contributed by atoms with E-state index in [-0.39, 0.29) is 0 Å². The van der Waals surface area contributed by atoms with Gasteiger partial charge in [0.1, 0.15) is 11.0 Å². The Morgan fingerprint density at radius 2 is 2.13 bits per heavy atom. The summed E-state index contributed by atoms with van der Waals surface area (Å²) >= 11 is 3.17. The number of ether oxygens (including phenoxy) is 2. The van der Waals surface area contributed by atoms with Gasteiger partial charge in [-0.05, 0) is 25.3 Å². The van der Waals surface area contributed by atoms with Crippen molar-refractivity contribution in [1.29, 1.82) is 0 Å². The fraction of sp³-hybridized carbons (Fsp3) is 0.267. The Bertz CT molecular complexity index is 822. The predicted molar refractivity (Wildman–Crippen MR) is 94.4 cm³/mol. The first-order chi connectivity index (χ1) is 11.2. The minimum Gasteiger partial charge on any atom is -0.493 e. The van der Waals surface area contributed by atoms with Gasteiger partial charge in [-0.1, -0.05) is 11.8 Å². The summed E-state index contributed by atoms with van der Waals surface area (Å²) in [6, 6.07) is 5.69. The molecule has 23 heavy (non-hydrogen) atoms. The largest absolute Gasteiger partial charge is 0.493 e. The highest BCUT2D eigenvalue weighted by Gasteiger charge is 2.11. The van der Waals surface area contributed by atoms with Crippen molar-refractivity contribution in [3.05, 3.63) is 24.5 Å². The van der Waals surface area contributed by atoms with Gasteiger partial charge >= 0.3 is 0 Å². The molecule has 0 radical (unpaired) electrons. The van der Waals surface area contributed by atoms with Crippen molar-refractivity contribution in [3.8, 4) is 11.5 Å². The second-order valence-electron chi connectivity index (χ2n) is 4.48. The van der Waals surface area contributed by atoms with Gasteiger partial charge in [-0.15, -0.1) is 11.3 Å². The number of aromatic nitrogens is 3. The number of nitrogens with one attached hydrogen (secondary N) is 1. The summed E-state index contributed by atoms with van der Waals surface area (Å²) in [6.45, 7) is 2.53. The highest BCUT2D eigenvalue weighted by atomic mass is 32.2. The van der Waals surface area contributed by atoms with E-state index in [1.54, 1.807) is 30.2 Å². The van der Waals surface area contributed by atoms with Crippen LogP contribution in [0, 0.1) is 0 Å². The zero-order valence-corrected chi connectivity index (χ0v) is 14.6. The molecule has 0 amide bonds. The third-order valence-corrected chi connectivity index (χ3v) is 5.11. The third-order valence-electron chi connectivity index (χ3n) is 3.07. The summed E-state index contributed by atoms with van der Waals surface area (Å²) in [5.74, 6) is 2.13. The topological polar surface area (TPSA) is 69.2 Å². The van der Waals surface area contributed by atoms with Crippen molar-refractivity contribution in [2.45, 2.75) is 11.3 Å². The Morgan fingerprint density at radius 3 is 2.87 bits per heavy atom. The molecule has 0 aliphatic rings. The zero-order chi connectivity index (χ0) is 16.2. The summed E-state index contributed by atoms with van der Waals surface area (Å²) in [5, 5.41) is 3.30. The Morgan fingerprint density at radius 1 is 1.26 bits per heavy atom. The van der Waals surface area contributed by atoms with Crippen LogP contribution in [0.5, 0.6) is 11.5 Å². The fourth-order valence-corrected chi connectivity index (χ4v) is 3.53. The van der Waals surface area contributed by atoms with Crippen LogP contribution in [0.2, 0.25) is 0 Å². The van der Waals surface area contributed by atoms with Crippen molar-refractivity contribution in [3.63, 3.8) is 0 Å². The van der Waals surface area contributed by atoms with Crippen molar-refractivity contribution in [2.24, 2.45) is 0 Å². The number of hydrogen-bond donors (Lipinski definition) is 1. The van der Waals surface area contributed by atoms with Crippen LogP contribution in [-0.2, 0) is 0 Å². The lowest BCUT2D eigenvalue weighted by Crippen LogP contribution is -1.98. The van der Waals surface area contributed by atoms with E-state index in [4.69, 9.17) is 9.47 Å². The van der Waals surface area contributed by atoms with Crippen LogP contribution in [0.15, 0.2) is 28.9 Å². The smallest absolute Gasteiger partial charge is 0.176 e. The first-order valence-corrected chi connectivity index (χ1v) is 9.02. The van der Waals surface area contributed by atoms with Crippen LogP contribution in [0.4, 0.5) is 11.5 Å².